The fourth-order valence-electron chi connectivity index (χ4n) is 2.41. The van der Waals surface area contributed by atoms with E-state index < -0.39 is 0 Å². The van der Waals surface area contributed by atoms with Crippen LogP contribution >= 0.6 is 11.3 Å². The maximum atomic E-state index is 12.3. The van der Waals surface area contributed by atoms with E-state index in [0.717, 1.165) is 11.4 Å². The van der Waals surface area contributed by atoms with Gasteiger partial charge in [0.05, 0.1) is 24.6 Å². The van der Waals surface area contributed by atoms with Crippen LogP contribution in [0.25, 0.3) is 0 Å². The van der Waals surface area contributed by atoms with Crippen molar-refractivity contribution in [1.82, 2.24) is 15.1 Å². The molecule has 0 spiro atoms. The Balaban J connectivity index is 1.65. The smallest absolute Gasteiger partial charge is 0.230 e. The predicted octanol–water partition coefficient (Wildman–Crippen LogP) is 1.91. The van der Waals surface area contributed by atoms with Crippen LogP contribution in [0.4, 0.5) is 0 Å². The molecule has 0 radical (unpaired) electrons. The standard InChI is InChI=1S/C14H17N3O3S/c1-10-15-16-14(20-10)8-17-4-5-19-9-11(17)7-12(18)13-3-2-6-21-13/h2-3,6,11H,4-5,7-9H2,1H3. The van der Waals surface area contributed by atoms with E-state index in [-0.39, 0.29) is 11.8 Å². The lowest BCUT2D eigenvalue weighted by Gasteiger charge is -2.34. The molecule has 21 heavy (non-hydrogen) atoms. The summed E-state index contributed by atoms with van der Waals surface area (Å²) < 4.78 is 10.9. The zero-order valence-corrected chi connectivity index (χ0v) is 12.6. The first-order valence-electron chi connectivity index (χ1n) is 6.90. The van der Waals surface area contributed by atoms with E-state index in [1.165, 1.54) is 11.3 Å². The highest BCUT2D eigenvalue weighted by Crippen LogP contribution is 2.19. The quantitative estimate of drug-likeness (QED) is 0.786. The molecule has 2 aromatic rings. The summed E-state index contributed by atoms with van der Waals surface area (Å²) in [4.78, 5) is 15.2. The zero-order valence-electron chi connectivity index (χ0n) is 11.8. The van der Waals surface area contributed by atoms with Gasteiger partial charge in [0.1, 0.15) is 0 Å². The summed E-state index contributed by atoms with van der Waals surface area (Å²) in [5, 5.41) is 9.78. The first-order chi connectivity index (χ1) is 10.2. The second-order valence-corrected chi connectivity index (χ2v) is 5.97. The summed E-state index contributed by atoms with van der Waals surface area (Å²) >= 11 is 1.48. The number of thiophene rings is 1. The molecule has 1 aliphatic rings. The summed E-state index contributed by atoms with van der Waals surface area (Å²) in [6.07, 6.45) is 0.452. The lowest BCUT2D eigenvalue weighted by atomic mass is 10.1. The predicted molar refractivity (Wildman–Crippen MR) is 77.3 cm³/mol. The van der Waals surface area contributed by atoms with Crippen LogP contribution in [0.3, 0.4) is 0 Å². The van der Waals surface area contributed by atoms with Crippen LogP contribution in [0, 0.1) is 6.92 Å². The van der Waals surface area contributed by atoms with E-state index >= 15 is 0 Å². The van der Waals surface area contributed by atoms with Crippen LogP contribution in [0.2, 0.25) is 0 Å². The van der Waals surface area contributed by atoms with Gasteiger partial charge in [-0.1, -0.05) is 6.07 Å². The van der Waals surface area contributed by atoms with Crippen LogP contribution in [0.5, 0.6) is 0 Å². The van der Waals surface area contributed by atoms with Crippen LogP contribution in [0.15, 0.2) is 21.9 Å². The highest BCUT2D eigenvalue weighted by molar-refractivity contribution is 7.12. The molecule has 7 heteroatoms. The van der Waals surface area contributed by atoms with Crippen molar-refractivity contribution in [2.45, 2.75) is 25.9 Å². The number of aryl methyl sites for hydroxylation is 1. The molecule has 0 N–H and O–H groups in total. The average molecular weight is 307 g/mol. The van der Waals surface area contributed by atoms with Gasteiger partial charge in [-0.2, -0.15) is 0 Å². The van der Waals surface area contributed by atoms with Crippen molar-refractivity contribution in [3.05, 3.63) is 34.2 Å². The minimum atomic E-state index is 0.0561. The van der Waals surface area contributed by atoms with Gasteiger partial charge in [0.25, 0.3) is 0 Å². The molecule has 1 saturated heterocycles. The van der Waals surface area contributed by atoms with E-state index in [4.69, 9.17) is 9.15 Å². The first-order valence-corrected chi connectivity index (χ1v) is 7.78. The Bertz CT molecular complexity index is 596. The van der Waals surface area contributed by atoms with Crippen molar-refractivity contribution >= 4 is 17.1 Å². The number of nitrogens with zero attached hydrogens (tertiary/aromatic N) is 3. The van der Waals surface area contributed by atoms with Crippen LogP contribution < -0.4 is 0 Å². The topological polar surface area (TPSA) is 68.5 Å². The molecule has 3 rings (SSSR count). The summed E-state index contributed by atoms with van der Waals surface area (Å²) in [5.41, 5.74) is 0. The average Bonchev–Trinajstić information content (AvgIpc) is 3.13. The summed E-state index contributed by atoms with van der Waals surface area (Å²) in [6.45, 7) is 4.32. The van der Waals surface area contributed by atoms with Gasteiger partial charge < -0.3 is 9.15 Å². The molecular formula is C14H17N3O3S. The van der Waals surface area contributed by atoms with Crippen LogP contribution in [-0.2, 0) is 11.3 Å². The number of morpholine rings is 1. The van der Waals surface area contributed by atoms with E-state index in [9.17, 15) is 4.79 Å². The number of rotatable bonds is 5. The summed E-state index contributed by atoms with van der Waals surface area (Å²) in [7, 11) is 0. The monoisotopic (exact) mass is 307 g/mol. The second-order valence-electron chi connectivity index (χ2n) is 5.02. The summed E-state index contributed by atoms with van der Waals surface area (Å²) in [6, 6.07) is 3.82. The lowest BCUT2D eigenvalue weighted by Crippen LogP contribution is -2.45. The molecule has 1 unspecified atom stereocenters. The SMILES string of the molecule is Cc1nnc(CN2CCOCC2CC(=O)c2cccs2)o1. The van der Waals surface area contributed by atoms with Gasteiger partial charge in [-0.25, -0.2) is 0 Å². The van der Waals surface area contributed by atoms with E-state index in [0.29, 0.717) is 38.0 Å². The minimum Gasteiger partial charge on any atom is -0.424 e. The third-order valence-corrected chi connectivity index (χ3v) is 4.38. The van der Waals surface area contributed by atoms with Crippen molar-refractivity contribution in [3.63, 3.8) is 0 Å². The number of ketones is 1. The third-order valence-electron chi connectivity index (χ3n) is 3.47. The van der Waals surface area contributed by atoms with Crippen molar-refractivity contribution in [2.24, 2.45) is 0 Å². The van der Waals surface area contributed by atoms with Crippen molar-refractivity contribution in [2.75, 3.05) is 19.8 Å². The van der Waals surface area contributed by atoms with Gasteiger partial charge in [-0.15, -0.1) is 21.5 Å². The minimum absolute atomic E-state index is 0.0561. The van der Waals surface area contributed by atoms with E-state index in [1.54, 1.807) is 6.92 Å². The molecule has 0 aliphatic carbocycles. The molecule has 1 atom stereocenters. The van der Waals surface area contributed by atoms with Gasteiger partial charge in [-0.3, -0.25) is 9.69 Å². The third kappa shape index (κ3) is 3.55. The van der Waals surface area contributed by atoms with Crippen LogP contribution in [0.1, 0.15) is 27.9 Å². The first kappa shape index (κ1) is 14.4. The molecule has 0 saturated carbocycles. The Morgan fingerprint density at radius 1 is 1.52 bits per heavy atom. The fraction of sp³-hybridized carbons (Fsp3) is 0.500. The molecule has 1 aliphatic heterocycles. The maximum absolute atomic E-state index is 12.3. The van der Waals surface area contributed by atoms with Gasteiger partial charge >= 0.3 is 0 Å². The number of aromatic nitrogens is 2. The van der Waals surface area contributed by atoms with Crippen molar-refractivity contribution < 1.29 is 13.9 Å². The second kappa shape index (κ2) is 6.46. The zero-order chi connectivity index (χ0) is 14.7. The largest absolute Gasteiger partial charge is 0.424 e. The van der Waals surface area contributed by atoms with Crippen molar-refractivity contribution in [1.29, 1.82) is 0 Å². The Labute approximate surface area is 126 Å². The Morgan fingerprint density at radius 2 is 2.43 bits per heavy atom. The molecule has 0 amide bonds. The fourth-order valence-corrected chi connectivity index (χ4v) is 3.09. The van der Waals surface area contributed by atoms with Gasteiger partial charge in [0.2, 0.25) is 11.8 Å². The van der Waals surface area contributed by atoms with Gasteiger partial charge in [0.15, 0.2) is 5.78 Å². The van der Waals surface area contributed by atoms with Crippen LogP contribution in [-0.4, -0.2) is 46.7 Å². The lowest BCUT2D eigenvalue weighted by molar-refractivity contribution is -0.0159. The summed E-state index contributed by atoms with van der Waals surface area (Å²) in [5.74, 6) is 1.31. The number of ether oxygens (including phenoxy) is 1. The van der Waals surface area contributed by atoms with E-state index in [2.05, 4.69) is 15.1 Å². The molecule has 0 bridgehead atoms. The molecule has 3 heterocycles. The molecule has 6 nitrogen and oxygen atoms in total. The van der Waals surface area contributed by atoms with Crippen molar-refractivity contribution in [3.8, 4) is 0 Å². The Hall–Kier alpha value is -1.57. The highest BCUT2D eigenvalue weighted by atomic mass is 32.1. The van der Waals surface area contributed by atoms with E-state index in [1.807, 2.05) is 17.5 Å². The molecule has 112 valence electrons. The molecular weight excluding hydrogens is 290 g/mol. The molecule has 0 aromatic carbocycles. The normalized spacial score (nSPS) is 19.8. The maximum Gasteiger partial charge on any atom is 0.230 e. The Morgan fingerprint density at radius 3 is 3.14 bits per heavy atom. The molecule has 2 aromatic heterocycles. The number of Topliss-reactive ketones (excluding diaryl/α,β-unsaturated/α-hetero) is 1. The highest BCUT2D eigenvalue weighted by Gasteiger charge is 2.27. The number of hydrogen-bond acceptors (Lipinski definition) is 7. The number of carbonyl (C=O) groups is 1. The number of hydrogen-bond donors (Lipinski definition) is 0. The number of carbonyl (C=O) groups excluding carboxylic acids is 1. The van der Waals surface area contributed by atoms with Gasteiger partial charge in [0, 0.05) is 25.9 Å². The molecule has 1 fully saturated rings. The van der Waals surface area contributed by atoms with Gasteiger partial charge in [-0.05, 0) is 11.4 Å². The Kier molecular flexibility index (Phi) is 4.42.